The Morgan fingerprint density at radius 3 is 1.55 bits per heavy atom. The highest BCUT2D eigenvalue weighted by Gasteiger charge is 2.16. The van der Waals surface area contributed by atoms with Crippen LogP contribution in [0.1, 0.15) is 0 Å². The smallest absolute Gasteiger partial charge is 0.164 e. The van der Waals surface area contributed by atoms with Gasteiger partial charge in [0, 0.05) is 43.9 Å². The molecule has 0 amide bonds. The maximum Gasteiger partial charge on any atom is 0.164 e. The third-order valence-electron chi connectivity index (χ3n) is 8.25. The van der Waals surface area contributed by atoms with E-state index in [1.807, 2.05) is 66.7 Å². The Morgan fingerprint density at radius 1 is 0.386 bits per heavy atom. The Morgan fingerprint density at radius 2 is 0.932 bits per heavy atom. The fraction of sp³-hybridized carbons (Fsp3) is 0. The molecule has 0 saturated heterocycles. The van der Waals surface area contributed by atoms with E-state index in [-0.39, 0.29) is 0 Å². The van der Waals surface area contributed by atoms with Crippen LogP contribution in [0.25, 0.3) is 83.6 Å². The van der Waals surface area contributed by atoms with Crippen molar-refractivity contribution in [3.8, 4) is 39.9 Å². The van der Waals surface area contributed by atoms with E-state index in [1.165, 1.54) is 21.8 Å². The quantitative estimate of drug-likeness (QED) is 0.213. The molecule has 3 aromatic heterocycles. The standard InChI is InChI=1S/C39H24N4O/c1-3-11-25(12-4-1)37-40-38(26-13-5-2-6-14-26)42-39(41-37)27-19-21-31-32-24-28(20-22-35(32)44-36(31)23-27)43-33-17-9-7-15-29(33)30-16-8-10-18-34(30)43/h1-24H. The number of para-hydroxylation sites is 2. The van der Waals surface area contributed by atoms with E-state index >= 15 is 0 Å². The van der Waals surface area contributed by atoms with Gasteiger partial charge in [0.15, 0.2) is 17.5 Å². The van der Waals surface area contributed by atoms with Crippen molar-refractivity contribution in [2.45, 2.75) is 0 Å². The minimum Gasteiger partial charge on any atom is -0.456 e. The first-order chi connectivity index (χ1) is 21.8. The Bertz CT molecular complexity index is 2380. The number of fused-ring (bicyclic) bond motifs is 6. The third kappa shape index (κ3) is 3.91. The van der Waals surface area contributed by atoms with Crippen molar-refractivity contribution in [3.05, 3.63) is 146 Å². The van der Waals surface area contributed by atoms with Gasteiger partial charge in [-0.2, -0.15) is 0 Å². The zero-order valence-corrected chi connectivity index (χ0v) is 23.6. The molecule has 3 heterocycles. The molecule has 5 heteroatoms. The zero-order valence-electron chi connectivity index (χ0n) is 23.6. The largest absolute Gasteiger partial charge is 0.456 e. The summed E-state index contributed by atoms with van der Waals surface area (Å²) in [5.74, 6) is 1.87. The second-order valence-electron chi connectivity index (χ2n) is 10.9. The number of hydrogen-bond donors (Lipinski definition) is 0. The molecule has 0 aliphatic carbocycles. The van der Waals surface area contributed by atoms with E-state index in [0.29, 0.717) is 17.5 Å². The lowest BCUT2D eigenvalue weighted by atomic mass is 10.1. The van der Waals surface area contributed by atoms with Crippen molar-refractivity contribution >= 4 is 43.7 Å². The summed E-state index contributed by atoms with van der Waals surface area (Å²) in [4.78, 5) is 14.6. The second-order valence-corrected chi connectivity index (χ2v) is 10.9. The molecule has 0 atom stereocenters. The maximum absolute atomic E-state index is 6.41. The molecule has 0 saturated carbocycles. The highest BCUT2D eigenvalue weighted by Crippen LogP contribution is 2.36. The van der Waals surface area contributed by atoms with Crippen molar-refractivity contribution in [2.75, 3.05) is 0 Å². The molecule has 5 nitrogen and oxygen atoms in total. The molecule has 6 aromatic carbocycles. The molecule has 0 bridgehead atoms. The minimum absolute atomic E-state index is 0.603. The van der Waals surface area contributed by atoms with Gasteiger partial charge in [0.25, 0.3) is 0 Å². The SMILES string of the molecule is c1ccc(-c2nc(-c3ccccc3)nc(-c3ccc4c(c3)oc3ccc(-n5c6ccccc6c6ccccc65)cc34)n2)cc1. The van der Waals surface area contributed by atoms with Crippen LogP contribution in [0.4, 0.5) is 0 Å². The number of furan rings is 1. The Labute approximate surface area is 252 Å². The van der Waals surface area contributed by atoms with Crippen LogP contribution < -0.4 is 0 Å². The normalized spacial score (nSPS) is 11.6. The highest BCUT2D eigenvalue weighted by atomic mass is 16.3. The van der Waals surface area contributed by atoms with Gasteiger partial charge in [0.1, 0.15) is 11.2 Å². The zero-order chi connectivity index (χ0) is 29.0. The van der Waals surface area contributed by atoms with E-state index in [2.05, 4.69) is 83.4 Å². The lowest BCUT2D eigenvalue weighted by molar-refractivity contribution is 0.669. The maximum atomic E-state index is 6.41. The first-order valence-electron chi connectivity index (χ1n) is 14.6. The van der Waals surface area contributed by atoms with Gasteiger partial charge in [0.2, 0.25) is 0 Å². The van der Waals surface area contributed by atoms with E-state index in [1.54, 1.807) is 0 Å². The summed E-state index contributed by atoms with van der Waals surface area (Å²) in [5.41, 5.74) is 7.84. The first-order valence-corrected chi connectivity index (χ1v) is 14.6. The van der Waals surface area contributed by atoms with E-state index in [9.17, 15) is 0 Å². The molecule has 0 fully saturated rings. The fourth-order valence-electron chi connectivity index (χ4n) is 6.18. The number of benzene rings is 6. The molecule has 44 heavy (non-hydrogen) atoms. The van der Waals surface area contributed by atoms with Crippen LogP contribution in [0, 0.1) is 0 Å². The first kappa shape index (κ1) is 24.5. The third-order valence-corrected chi connectivity index (χ3v) is 8.25. The average molecular weight is 565 g/mol. The van der Waals surface area contributed by atoms with Crippen LogP contribution >= 0.6 is 0 Å². The summed E-state index contributed by atoms with van der Waals surface area (Å²) < 4.78 is 8.74. The second kappa shape index (κ2) is 9.75. The molecule has 206 valence electrons. The predicted octanol–water partition coefficient (Wildman–Crippen LogP) is 9.87. The lowest BCUT2D eigenvalue weighted by Crippen LogP contribution is -2.00. The van der Waals surface area contributed by atoms with Crippen LogP contribution in [-0.4, -0.2) is 19.5 Å². The van der Waals surface area contributed by atoms with Crippen LogP contribution in [0.2, 0.25) is 0 Å². The van der Waals surface area contributed by atoms with Gasteiger partial charge in [-0.15, -0.1) is 0 Å². The highest BCUT2D eigenvalue weighted by molar-refractivity contribution is 6.10. The molecule has 0 aliphatic rings. The summed E-state index contributed by atoms with van der Waals surface area (Å²) >= 11 is 0. The lowest BCUT2D eigenvalue weighted by Gasteiger charge is -2.08. The van der Waals surface area contributed by atoms with E-state index in [4.69, 9.17) is 19.4 Å². The Kier molecular flexibility index (Phi) is 5.43. The van der Waals surface area contributed by atoms with Crippen molar-refractivity contribution in [1.82, 2.24) is 19.5 Å². The van der Waals surface area contributed by atoms with Crippen LogP contribution in [0.3, 0.4) is 0 Å². The average Bonchev–Trinajstić information content (AvgIpc) is 3.64. The summed E-state index contributed by atoms with van der Waals surface area (Å²) in [7, 11) is 0. The summed E-state index contributed by atoms with van der Waals surface area (Å²) in [5, 5.41) is 4.60. The van der Waals surface area contributed by atoms with Gasteiger partial charge in [-0.05, 0) is 42.5 Å². The van der Waals surface area contributed by atoms with Crippen molar-refractivity contribution in [2.24, 2.45) is 0 Å². The van der Waals surface area contributed by atoms with Gasteiger partial charge >= 0.3 is 0 Å². The molecule has 0 unspecified atom stereocenters. The molecule has 0 N–H and O–H groups in total. The van der Waals surface area contributed by atoms with Gasteiger partial charge in [-0.25, -0.2) is 15.0 Å². The van der Waals surface area contributed by atoms with Crippen LogP contribution in [0.15, 0.2) is 150 Å². The monoisotopic (exact) mass is 564 g/mol. The summed E-state index contributed by atoms with van der Waals surface area (Å²) in [6, 6.07) is 49.8. The van der Waals surface area contributed by atoms with E-state index < -0.39 is 0 Å². The van der Waals surface area contributed by atoms with Crippen molar-refractivity contribution in [1.29, 1.82) is 0 Å². The van der Waals surface area contributed by atoms with Gasteiger partial charge in [0.05, 0.1) is 11.0 Å². The molecule has 9 rings (SSSR count). The Hall–Kier alpha value is -6.07. The molecule has 0 spiro atoms. The molecular formula is C39H24N4O. The number of rotatable bonds is 4. The molecular weight excluding hydrogens is 540 g/mol. The molecule has 9 aromatic rings. The summed E-state index contributed by atoms with van der Waals surface area (Å²) in [6.45, 7) is 0. The predicted molar refractivity (Wildman–Crippen MR) is 178 cm³/mol. The molecule has 0 radical (unpaired) electrons. The van der Waals surface area contributed by atoms with Gasteiger partial charge in [-0.3, -0.25) is 0 Å². The minimum atomic E-state index is 0.603. The fourth-order valence-corrected chi connectivity index (χ4v) is 6.18. The van der Waals surface area contributed by atoms with Crippen molar-refractivity contribution in [3.63, 3.8) is 0 Å². The number of hydrogen-bond acceptors (Lipinski definition) is 4. The van der Waals surface area contributed by atoms with Crippen LogP contribution in [0.5, 0.6) is 0 Å². The van der Waals surface area contributed by atoms with Crippen molar-refractivity contribution < 1.29 is 4.42 Å². The summed E-state index contributed by atoms with van der Waals surface area (Å²) in [6.07, 6.45) is 0. The van der Waals surface area contributed by atoms with Crippen LogP contribution in [-0.2, 0) is 0 Å². The van der Waals surface area contributed by atoms with Gasteiger partial charge in [-0.1, -0.05) is 103 Å². The number of nitrogens with zero attached hydrogens (tertiary/aromatic N) is 4. The van der Waals surface area contributed by atoms with E-state index in [0.717, 1.165) is 44.3 Å². The molecule has 0 aliphatic heterocycles. The topological polar surface area (TPSA) is 56.7 Å². The Balaban J connectivity index is 1.20. The number of aromatic nitrogens is 4. The van der Waals surface area contributed by atoms with Gasteiger partial charge < -0.3 is 8.98 Å².